The van der Waals surface area contributed by atoms with Gasteiger partial charge in [-0.25, -0.2) is 4.39 Å². The Morgan fingerprint density at radius 2 is 1.53 bits per heavy atom. The summed E-state index contributed by atoms with van der Waals surface area (Å²) in [7, 11) is 0. The molecular weight excluding hydrogens is 383 g/mol. The van der Waals surface area contributed by atoms with E-state index >= 15 is 0 Å². The highest BCUT2D eigenvalue weighted by molar-refractivity contribution is 5.95. The molecule has 0 aromatic heterocycles. The predicted octanol–water partition coefficient (Wildman–Crippen LogP) is 4.64. The van der Waals surface area contributed by atoms with Gasteiger partial charge in [0, 0.05) is 30.3 Å². The first kappa shape index (κ1) is 20.4. The van der Waals surface area contributed by atoms with E-state index < -0.39 is 0 Å². The molecule has 0 radical (unpaired) electrons. The molecule has 0 atom stereocenters. The number of nitrogens with zero attached hydrogens (tertiary/aromatic N) is 1. The smallest absolute Gasteiger partial charge is 0.253 e. The molecule has 1 saturated carbocycles. The average molecular weight is 410 g/mol. The number of benzene rings is 2. The van der Waals surface area contributed by atoms with Crippen LogP contribution in [0.2, 0.25) is 0 Å². The highest BCUT2D eigenvalue weighted by atomic mass is 19.1. The van der Waals surface area contributed by atoms with Crippen LogP contribution in [0.5, 0.6) is 5.75 Å². The lowest BCUT2D eigenvalue weighted by Gasteiger charge is -2.31. The standard InChI is InChI=1S/C24H27FN2O3/c25-19-7-5-18(6-8-19)24(29)27-15-13-17(14-16-27)23(28)26-20-9-11-22(12-10-20)30-21-3-1-2-4-21/h5-12,17,21H,1-4,13-16H2,(H,26,28). The van der Waals surface area contributed by atoms with Crippen molar-refractivity contribution in [2.24, 2.45) is 5.92 Å². The number of nitrogens with one attached hydrogen (secondary N) is 1. The van der Waals surface area contributed by atoms with Crippen LogP contribution in [-0.4, -0.2) is 35.9 Å². The number of ether oxygens (including phenoxy) is 1. The number of anilines is 1. The Hall–Kier alpha value is -2.89. The lowest BCUT2D eigenvalue weighted by atomic mass is 9.95. The molecule has 1 aliphatic heterocycles. The number of amides is 2. The van der Waals surface area contributed by atoms with E-state index in [2.05, 4.69) is 5.32 Å². The maximum absolute atomic E-state index is 13.0. The first-order valence-electron chi connectivity index (χ1n) is 10.7. The number of hydrogen-bond donors (Lipinski definition) is 1. The molecule has 2 aromatic rings. The van der Waals surface area contributed by atoms with Gasteiger partial charge >= 0.3 is 0 Å². The third-order valence-corrected chi connectivity index (χ3v) is 5.97. The van der Waals surface area contributed by atoms with E-state index in [4.69, 9.17) is 4.74 Å². The van der Waals surface area contributed by atoms with Crippen molar-refractivity contribution in [3.63, 3.8) is 0 Å². The molecule has 0 unspecified atom stereocenters. The second-order valence-electron chi connectivity index (χ2n) is 8.11. The van der Waals surface area contributed by atoms with Crippen molar-refractivity contribution < 1.29 is 18.7 Å². The number of piperidine rings is 1. The molecule has 2 fully saturated rings. The summed E-state index contributed by atoms with van der Waals surface area (Å²) in [6, 6.07) is 13.1. The summed E-state index contributed by atoms with van der Waals surface area (Å²) in [5, 5.41) is 2.97. The fourth-order valence-corrected chi connectivity index (χ4v) is 4.18. The van der Waals surface area contributed by atoms with Crippen molar-refractivity contribution in [1.29, 1.82) is 0 Å². The van der Waals surface area contributed by atoms with Crippen molar-refractivity contribution in [2.75, 3.05) is 18.4 Å². The van der Waals surface area contributed by atoms with Gasteiger partial charge in [0.25, 0.3) is 5.91 Å². The zero-order valence-electron chi connectivity index (χ0n) is 17.0. The Balaban J connectivity index is 1.26. The van der Waals surface area contributed by atoms with Crippen LogP contribution in [-0.2, 0) is 4.79 Å². The van der Waals surface area contributed by atoms with Gasteiger partial charge in [-0.3, -0.25) is 9.59 Å². The molecule has 1 N–H and O–H groups in total. The van der Waals surface area contributed by atoms with E-state index in [1.165, 1.54) is 37.1 Å². The summed E-state index contributed by atoms with van der Waals surface area (Å²) >= 11 is 0. The summed E-state index contributed by atoms with van der Waals surface area (Å²) in [4.78, 5) is 26.9. The van der Waals surface area contributed by atoms with Crippen LogP contribution >= 0.6 is 0 Å². The van der Waals surface area contributed by atoms with Crippen molar-refractivity contribution in [1.82, 2.24) is 4.90 Å². The van der Waals surface area contributed by atoms with Crippen LogP contribution in [0.3, 0.4) is 0 Å². The van der Waals surface area contributed by atoms with Gasteiger partial charge < -0.3 is 15.0 Å². The molecule has 4 rings (SSSR count). The first-order chi connectivity index (χ1) is 14.6. The number of carbonyl (C=O) groups excluding carboxylic acids is 2. The molecule has 2 aliphatic rings. The van der Waals surface area contributed by atoms with Crippen LogP contribution in [0, 0.1) is 11.7 Å². The summed E-state index contributed by atoms with van der Waals surface area (Å²) in [6.07, 6.45) is 6.22. The van der Waals surface area contributed by atoms with Gasteiger partial charge in [-0.2, -0.15) is 0 Å². The van der Waals surface area contributed by atoms with Gasteiger partial charge in [0.15, 0.2) is 0 Å². The van der Waals surface area contributed by atoms with Gasteiger partial charge in [-0.05, 0) is 87.1 Å². The van der Waals surface area contributed by atoms with Crippen LogP contribution < -0.4 is 10.1 Å². The van der Waals surface area contributed by atoms with Gasteiger partial charge in [-0.15, -0.1) is 0 Å². The molecule has 6 heteroatoms. The number of hydrogen-bond acceptors (Lipinski definition) is 3. The lowest BCUT2D eigenvalue weighted by molar-refractivity contribution is -0.121. The summed E-state index contributed by atoms with van der Waals surface area (Å²) < 4.78 is 19.0. The Bertz CT molecular complexity index is 868. The zero-order chi connectivity index (χ0) is 20.9. The van der Waals surface area contributed by atoms with Crippen LogP contribution in [0.15, 0.2) is 48.5 Å². The quantitative estimate of drug-likeness (QED) is 0.781. The molecule has 1 saturated heterocycles. The summed E-state index contributed by atoms with van der Waals surface area (Å²) in [5.74, 6) is 0.212. The summed E-state index contributed by atoms with van der Waals surface area (Å²) in [5.41, 5.74) is 1.22. The Kier molecular flexibility index (Phi) is 6.31. The van der Waals surface area contributed by atoms with E-state index in [-0.39, 0.29) is 23.5 Å². The Morgan fingerprint density at radius 3 is 2.17 bits per heavy atom. The lowest BCUT2D eigenvalue weighted by Crippen LogP contribution is -2.41. The fraction of sp³-hybridized carbons (Fsp3) is 0.417. The molecule has 1 heterocycles. The minimum Gasteiger partial charge on any atom is -0.490 e. The molecule has 0 bridgehead atoms. The number of likely N-dealkylation sites (tertiary alicyclic amines) is 1. The normalized spacial score (nSPS) is 17.7. The van der Waals surface area contributed by atoms with Gasteiger partial charge in [0.1, 0.15) is 11.6 Å². The Labute approximate surface area is 176 Å². The van der Waals surface area contributed by atoms with Crippen molar-refractivity contribution in [3.05, 3.63) is 59.9 Å². The fourth-order valence-electron chi connectivity index (χ4n) is 4.18. The van der Waals surface area contributed by atoms with Crippen LogP contribution in [0.25, 0.3) is 0 Å². The van der Waals surface area contributed by atoms with Crippen molar-refractivity contribution in [2.45, 2.75) is 44.6 Å². The molecule has 5 nitrogen and oxygen atoms in total. The van der Waals surface area contributed by atoms with E-state index in [0.29, 0.717) is 37.6 Å². The zero-order valence-corrected chi connectivity index (χ0v) is 17.0. The van der Waals surface area contributed by atoms with Gasteiger partial charge in [0.2, 0.25) is 5.91 Å². The molecule has 2 aromatic carbocycles. The summed E-state index contributed by atoms with van der Waals surface area (Å²) in [6.45, 7) is 1.03. The third-order valence-electron chi connectivity index (χ3n) is 5.97. The maximum Gasteiger partial charge on any atom is 0.253 e. The molecule has 30 heavy (non-hydrogen) atoms. The SMILES string of the molecule is O=C(Nc1ccc(OC2CCCC2)cc1)C1CCN(C(=O)c2ccc(F)cc2)CC1. The molecule has 1 aliphatic carbocycles. The predicted molar refractivity (Wildman–Crippen MR) is 113 cm³/mol. The number of halogens is 1. The average Bonchev–Trinajstić information content (AvgIpc) is 3.28. The monoisotopic (exact) mass is 410 g/mol. The first-order valence-corrected chi connectivity index (χ1v) is 10.7. The molecular formula is C24H27FN2O3. The van der Waals surface area contributed by atoms with Gasteiger partial charge in [-0.1, -0.05) is 0 Å². The number of rotatable bonds is 5. The van der Waals surface area contributed by atoms with E-state index in [1.807, 2.05) is 24.3 Å². The molecule has 2 amide bonds. The second-order valence-corrected chi connectivity index (χ2v) is 8.11. The topological polar surface area (TPSA) is 58.6 Å². The van der Waals surface area contributed by atoms with E-state index in [1.54, 1.807) is 4.90 Å². The van der Waals surface area contributed by atoms with Crippen molar-refractivity contribution >= 4 is 17.5 Å². The highest BCUT2D eigenvalue weighted by Gasteiger charge is 2.28. The van der Waals surface area contributed by atoms with Crippen LogP contribution in [0.1, 0.15) is 48.9 Å². The largest absolute Gasteiger partial charge is 0.490 e. The Morgan fingerprint density at radius 1 is 0.900 bits per heavy atom. The number of carbonyl (C=O) groups is 2. The minimum absolute atomic E-state index is 0.0201. The van der Waals surface area contributed by atoms with Crippen molar-refractivity contribution in [3.8, 4) is 5.75 Å². The van der Waals surface area contributed by atoms with E-state index in [0.717, 1.165) is 24.3 Å². The minimum atomic E-state index is -0.361. The van der Waals surface area contributed by atoms with Gasteiger partial charge in [0.05, 0.1) is 6.10 Å². The maximum atomic E-state index is 13.0. The third kappa shape index (κ3) is 4.99. The van der Waals surface area contributed by atoms with Crippen LogP contribution in [0.4, 0.5) is 10.1 Å². The second kappa shape index (κ2) is 9.28. The molecule has 158 valence electrons. The van der Waals surface area contributed by atoms with E-state index in [9.17, 15) is 14.0 Å². The molecule has 0 spiro atoms. The highest BCUT2D eigenvalue weighted by Crippen LogP contribution is 2.26.